The van der Waals surface area contributed by atoms with Crippen LogP contribution in [0.2, 0.25) is 0 Å². The zero-order valence-corrected chi connectivity index (χ0v) is 19.6. The second kappa shape index (κ2) is 11.9. The number of nitrogens with one attached hydrogen (secondary N) is 1. The van der Waals surface area contributed by atoms with Crippen LogP contribution in [0.3, 0.4) is 0 Å². The number of carbonyl (C=O) groups is 3. The highest BCUT2D eigenvalue weighted by molar-refractivity contribution is 5.86. The van der Waals surface area contributed by atoms with Crippen molar-refractivity contribution in [3.05, 3.63) is 48.3 Å². The molecule has 0 saturated carbocycles. The Morgan fingerprint density at radius 2 is 1.59 bits per heavy atom. The van der Waals surface area contributed by atoms with E-state index in [4.69, 9.17) is 18.3 Å². The van der Waals surface area contributed by atoms with E-state index < -0.39 is 35.3 Å². The molecule has 9 heteroatoms. The van der Waals surface area contributed by atoms with Gasteiger partial charge in [0.15, 0.2) is 0 Å². The SMILES string of the molecule is CC(C)(C)OC(=O)N=Cc1ccco1.C[C@@H](C=O)[C@H](NC(=O)OC(C)(C)C)c1ccco1. The molecule has 0 fully saturated rings. The summed E-state index contributed by atoms with van der Waals surface area (Å²) in [4.78, 5) is 37.2. The van der Waals surface area contributed by atoms with Crippen molar-refractivity contribution in [2.24, 2.45) is 10.9 Å². The topological polar surface area (TPSA) is 120 Å². The lowest BCUT2D eigenvalue weighted by Gasteiger charge is -2.24. The van der Waals surface area contributed by atoms with E-state index in [1.807, 2.05) is 0 Å². The van der Waals surface area contributed by atoms with Crippen LogP contribution in [0.15, 0.2) is 50.6 Å². The lowest BCUT2D eigenvalue weighted by molar-refractivity contribution is -0.111. The zero-order chi connectivity index (χ0) is 24.4. The molecule has 32 heavy (non-hydrogen) atoms. The first kappa shape index (κ1) is 26.7. The molecular weight excluding hydrogens is 416 g/mol. The molecule has 2 amide bonds. The monoisotopic (exact) mass is 448 g/mol. The number of hydrogen-bond acceptors (Lipinski definition) is 7. The summed E-state index contributed by atoms with van der Waals surface area (Å²) in [5.41, 5.74) is -1.10. The first-order chi connectivity index (χ1) is 14.8. The van der Waals surface area contributed by atoms with Crippen LogP contribution in [0.1, 0.15) is 66.0 Å². The minimum atomic E-state index is -0.617. The minimum absolute atomic E-state index is 0.399. The van der Waals surface area contributed by atoms with E-state index in [9.17, 15) is 14.4 Å². The molecule has 2 aromatic rings. The highest BCUT2D eigenvalue weighted by atomic mass is 16.6. The third kappa shape index (κ3) is 11.1. The van der Waals surface area contributed by atoms with Gasteiger partial charge in [-0.15, -0.1) is 0 Å². The van der Waals surface area contributed by atoms with Crippen LogP contribution in [0.5, 0.6) is 0 Å². The summed E-state index contributed by atoms with van der Waals surface area (Å²) in [6, 6.07) is 6.32. The Morgan fingerprint density at radius 3 is 2.06 bits per heavy atom. The van der Waals surface area contributed by atoms with Crippen molar-refractivity contribution in [1.29, 1.82) is 0 Å². The van der Waals surface area contributed by atoms with Gasteiger partial charge in [0.25, 0.3) is 0 Å². The maximum atomic E-state index is 11.7. The van der Waals surface area contributed by atoms with E-state index in [-0.39, 0.29) is 0 Å². The van der Waals surface area contributed by atoms with E-state index in [0.717, 1.165) is 6.29 Å². The van der Waals surface area contributed by atoms with Crippen molar-refractivity contribution in [3.63, 3.8) is 0 Å². The number of aliphatic imine (C=N–C) groups is 1. The van der Waals surface area contributed by atoms with Gasteiger partial charge in [0.05, 0.1) is 24.8 Å². The molecule has 2 rings (SSSR count). The van der Waals surface area contributed by atoms with Gasteiger partial charge >= 0.3 is 12.2 Å². The summed E-state index contributed by atoms with van der Waals surface area (Å²) in [6.45, 7) is 12.4. The number of alkyl carbamates (subject to hydrolysis) is 1. The van der Waals surface area contributed by atoms with Gasteiger partial charge in [-0.25, -0.2) is 9.59 Å². The van der Waals surface area contributed by atoms with E-state index in [1.54, 1.807) is 72.7 Å². The average molecular weight is 449 g/mol. The molecule has 0 aliphatic carbocycles. The van der Waals surface area contributed by atoms with Crippen LogP contribution in [0, 0.1) is 5.92 Å². The van der Waals surface area contributed by atoms with Crippen LogP contribution in [-0.4, -0.2) is 35.9 Å². The normalized spacial score (nSPS) is 13.5. The van der Waals surface area contributed by atoms with Crippen molar-refractivity contribution in [2.75, 3.05) is 0 Å². The Hall–Kier alpha value is -3.36. The Morgan fingerprint density at radius 1 is 1.00 bits per heavy atom. The third-order valence-electron chi connectivity index (χ3n) is 3.50. The first-order valence-corrected chi connectivity index (χ1v) is 10.1. The van der Waals surface area contributed by atoms with Gasteiger partial charge in [-0.3, -0.25) is 0 Å². The molecule has 1 N–H and O–H groups in total. The molecule has 9 nitrogen and oxygen atoms in total. The summed E-state index contributed by atoms with van der Waals surface area (Å²) in [7, 11) is 0. The molecular formula is C23H32N2O7. The van der Waals surface area contributed by atoms with Crippen molar-refractivity contribution in [1.82, 2.24) is 5.32 Å². The molecule has 2 heterocycles. The Kier molecular flexibility index (Phi) is 9.90. The highest BCUT2D eigenvalue weighted by Gasteiger charge is 2.26. The number of hydrogen-bond donors (Lipinski definition) is 1. The molecule has 0 aliphatic rings. The number of nitrogens with zero attached hydrogens (tertiary/aromatic N) is 1. The van der Waals surface area contributed by atoms with Crippen molar-refractivity contribution in [2.45, 2.75) is 65.7 Å². The van der Waals surface area contributed by atoms with Gasteiger partial charge in [-0.05, 0) is 65.8 Å². The van der Waals surface area contributed by atoms with Gasteiger partial charge in [0.2, 0.25) is 0 Å². The van der Waals surface area contributed by atoms with E-state index in [0.29, 0.717) is 11.5 Å². The fraction of sp³-hybridized carbons (Fsp3) is 0.478. The average Bonchev–Trinajstić information content (AvgIpc) is 3.35. The highest BCUT2D eigenvalue weighted by Crippen LogP contribution is 2.21. The van der Waals surface area contributed by atoms with Crippen LogP contribution in [0.25, 0.3) is 0 Å². The maximum Gasteiger partial charge on any atom is 0.434 e. The van der Waals surface area contributed by atoms with E-state index in [2.05, 4.69) is 10.3 Å². The lowest BCUT2D eigenvalue weighted by atomic mass is 10.0. The summed E-state index contributed by atoms with van der Waals surface area (Å²) >= 11 is 0. The summed E-state index contributed by atoms with van der Waals surface area (Å²) < 4.78 is 20.3. The van der Waals surface area contributed by atoms with E-state index >= 15 is 0 Å². The largest absolute Gasteiger partial charge is 0.467 e. The predicted octanol–water partition coefficient (Wildman–Crippen LogP) is 5.31. The molecule has 0 saturated heterocycles. The fourth-order valence-electron chi connectivity index (χ4n) is 2.21. The number of carbonyl (C=O) groups excluding carboxylic acids is 3. The second-order valence-corrected chi connectivity index (χ2v) is 8.89. The molecule has 0 spiro atoms. The molecule has 2 aromatic heterocycles. The third-order valence-corrected chi connectivity index (χ3v) is 3.50. The molecule has 0 unspecified atom stereocenters. The molecule has 0 aliphatic heterocycles. The lowest BCUT2D eigenvalue weighted by Crippen LogP contribution is -2.37. The standard InChI is InChI=1S/C13H19NO4.C10H13NO3/c1-9(8-15)11(10-6-5-7-17-10)14-12(16)18-13(2,3)4;1-10(2,3)14-9(12)11-7-8-5-4-6-13-8/h5-9,11H,1-4H3,(H,14,16);4-7H,1-3H3/t9-,11-;/m0./s1. The van der Waals surface area contributed by atoms with Crippen LogP contribution < -0.4 is 5.32 Å². The molecule has 0 radical (unpaired) electrons. The molecule has 2 atom stereocenters. The Labute approximate surface area is 188 Å². The second-order valence-electron chi connectivity index (χ2n) is 8.89. The summed E-state index contributed by atoms with van der Waals surface area (Å²) in [5.74, 6) is 0.653. The maximum absolute atomic E-state index is 11.7. The van der Waals surface area contributed by atoms with Crippen LogP contribution in [-0.2, 0) is 14.3 Å². The number of furan rings is 2. The van der Waals surface area contributed by atoms with Crippen molar-refractivity contribution >= 4 is 24.7 Å². The van der Waals surface area contributed by atoms with Crippen molar-refractivity contribution < 1.29 is 32.7 Å². The predicted molar refractivity (Wildman–Crippen MR) is 119 cm³/mol. The number of ether oxygens (including phenoxy) is 2. The van der Waals surface area contributed by atoms with Gasteiger partial charge in [-0.2, -0.15) is 4.99 Å². The molecule has 0 bridgehead atoms. The number of rotatable bonds is 5. The molecule has 176 valence electrons. The van der Waals surface area contributed by atoms with Gasteiger partial charge in [-0.1, -0.05) is 6.92 Å². The Balaban J connectivity index is 0.000000330. The summed E-state index contributed by atoms with van der Waals surface area (Å²) in [6.07, 6.45) is 3.91. The van der Waals surface area contributed by atoms with Gasteiger partial charge in [0, 0.05) is 5.92 Å². The van der Waals surface area contributed by atoms with Crippen molar-refractivity contribution in [3.8, 4) is 0 Å². The summed E-state index contributed by atoms with van der Waals surface area (Å²) in [5, 5.41) is 2.64. The Bertz CT molecular complexity index is 857. The number of aldehydes is 1. The minimum Gasteiger partial charge on any atom is -0.467 e. The first-order valence-electron chi connectivity index (χ1n) is 10.1. The van der Waals surface area contributed by atoms with Crippen LogP contribution in [0.4, 0.5) is 9.59 Å². The smallest absolute Gasteiger partial charge is 0.434 e. The van der Waals surface area contributed by atoms with Gasteiger partial charge in [0.1, 0.15) is 29.0 Å². The van der Waals surface area contributed by atoms with E-state index in [1.165, 1.54) is 18.7 Å². The van der Waals surface area contributed by atoms with Gasteiger partial charge < -0.3 is 28.4 Å². The number of amides is 2. The van der Waals surface area contributed by atoms with Crippen LogP contribution >= 0.6 is 0 Å². The fourth-order valence-corrected chi connectivity index (χ4v) is 2.21. The quantitative estimate of drug-likeness (QED) is 0.486. The zero-order valence-electron chi connectivity index (χ0n) is 19.6. The molecule has 0 aromatic carbocycles.